The summed E-state index contributed by atoms with van der Waals surface area (Å²) < 4.78 is 8.32. The van der Waals surface area contributed by atoms with E-state index in [9.17, 15) is 9.59 Å². The van der Waals surface area contributed by atoms with Crippen LogP contribution in [0.15, 0.2) is 54.6 Å². The number of carbonyl (C=O) groups is 2. The number of ether oxygens (including phenoxy) is 1. The van der Waals surface area contributed by atoms with Crippen molar-refractivity contribution < 1.29 is 19.2 Å². The van der Waals surface area contributed by atoms with Crippen molar-refractivity contribution >= 4 is 33.6 Å². The monoisotopic (exact) mass is 456 g/mol. The van der Waals surface area contributed by atoms with Gasteiger partial charge in [0.1, 0.15) is 5.75 Å². The Morgan fingerprint density at radius 1 is 1.09 bits per heavy atom. The molecule has 1 aromatic heterocycles. The van der Waals surface area contributed by atoms with Gasteiger partial charge in [0.15, 0.2) is 5.78 Å². The lowest BCUT2D eigenvalue weighted by Crippen LogP contribution is -2.23. The van der Waals surface area contributed by atoms with Crippen LogP contribution in [0.2, 0.25) is 0 Å². The van der Waals surface area contributed by atoms with E-state index in [2.05, 4.69) is 29.1 Å². The summed E-state index contributed by atoms with van der Waals surface area (Å²) in [6.45, 7) is 6.85. The molecule has 0 fully saturated rings. The first-order valence-corrected chi connectivity index (χ1v) is 11.7. The molecule has 174 valence electrons. The molecule has 0 bridgehead atoms. The summed E-state index contributed by atoms with van der Waals surface area (Å²) in [6.07, 6.45) is 1.64. The van der Waals surface area contributed by atoms with Crippen LogP contribution in [0.4, 0.5) is 0 Å². The molecule has 1 aliphatic rings. The quantitative estimate of drug-likeness (QED) is 0.311. The third-order valence-corrected chi connectivity index (χ3v) is 6.58. The van der Waals surface area contributed by atoms with Crippen molar-refractivity contribution in [2.24, 2.45) is 0 Å². The second-order valence-electron chi connectivity index (χ2n) is 8.78. The molecule has 2 heterocycles. The highest BCUT2D eigenvalue weighted by Crippen LogP contribution is 2.39. The smallest absolute Gasteiger partial charge is 0.321 e. The van der Waals surface area contributed by atoms with E-state index < -0.39 is 0 Å². The summed E-state index contributed by atoms with van der Waals surface area (Å²) in [5.74, 6) is 0.433. The van der Waals surface area contributed by atoms with Gasteiger partial charge in [-0.15, -0.1) is 5.48 Å². The molecule has 1 unspecified atom stereocenters. The number of benzene rings is 3. The van der Waals surface area contributed by atoms with Crippen LogP contribution in [-0.2, 0) is 16.2 Å². The van der Waals surface area contributed by atoms with Gasteiger partial charge in [0.25, 0.3) is 0 Å². The molecule has 34 heavy (non-hydrogen) atoms. The third kappa shape index (κ3) is 3.84. The number of aryl methyl sites for hydroxylation is 2. The van der Waals surface area contributed by atoms with E-state index in [1.54, 1.807) is 0 Å². The first kappa shape index (κ1) is 22.2. The van der Waals surface area contributed by atoms with E-state index in [0.717, 1.165) is 58.1 Å². The van der Waals surface area contributed by atoms with Gasteiger partial charge >= 0.3 is 5.97 Å². The van der Waals surface area contributed by atoms with Gasteiger partial charge in [0.05, 0.1) is 18.2 Å². The zero-order valence-corrected chi connectivity index (χ0v) is 19.7. The standard InChI is InChI=1S/C28H28N2O4/c1-4-30-25-12-11-19(28(32)20-9-6-5-8-17(20)2)14-21(25)22-15-23-24(29-34-18(3)31)10-7-13-33-27(23)16-26(22)30/h5-6,8-9,11-12,14-16,24,29H,4,7,10,13H2,1-3H3. The van der Waals surface area contributed by atoms with Crippen molar-refractivity contribution in [1.82, 2.24) is 10.0 Å². The molecule has 3 aromatic carbocycles. The van der Waals surface area contributed by atoms with Gasteiger partial charge in [0, 0.05) is 52.5 Å². The van der Waals surface area contributed by atoms with E-state index in [1.165, 1.54) is 6.92 Å². The molecule has 0 amide bonds. The van der Waals surface area contributed by atoms with Gasteiger partial charge in [-0.3, -0.25) is 9.59 Å². The summed E-state index contributed by atoms with van der Waals surface area (Å²) in [5, 5.41) is 2.07. The second-order valence-corrected chi connectivity index (χ2v) is 8.78. The number of hydrogen-bond donors (Lipinski definition) is 1. The van der Waals surface area contributed by atoms with E-state index in [0.29, 0.717) is 17.7 Å². The maximum absolute atomic E-state index is 13.3. The van der Waals surface area contributed by atoms with Crippen molar-refractivity contribution in [2.45, 2.75) is 46.2 Å². The van der Waals surface area contributed by atoms with Crippen molar-refractivity contribution in [2.75, 3.05) is 6.61 Å². The molecular weight excluding hydrogens is 428 g/mol. The van der Waals surface area contributed by atoms with Crippen molar-refractivity contribution in [3.63, 3.8) is 0 Å². The Hall–Kier alpha value is -3.64. The van der Waals surface area contributed by atoms with Gasteiger partial charge in [-0.1, -0.05) is 24.3 Å². The number of hydroxylamine groups is 1. The Bertz CT molecular complexity index is 1420. The van der Waals surface area contributed by atoms with Gasteiger partial charge in [-0.25, -0.2) is 0 Å². The van der Waals surface area contributed by atoms with Crippen LogP contribution in [0.25, 0.3) is 21.8 Å². The minimum Gasteiger partial charge on any atom is -0.493 e. The van der Waals surface area contributed by atoms with Gasteiger partial charge in [0.2, 0.25) is 0 Å². The SMILES string of the molecule is CCn1c2ccc(C(=O)c3ccccc3C)cc2c2cc3c(cc21)OCCCC3NOC(C)=O. The lowest BCUT2D eigenvalue weighted by Gasteiger charge is -2.17. The zero-order valence-electron chi connectivity index (χ0n) is 19.7. The van der Waals surface area contributed by atoms with Crippen LogP contribution < -0.4 is 10.2 Å². The molecule has 6 nitrogen and oxygen atoms in total. The van der Waals surface area contributed by atoms with Gasteiger partial charge < -0.3 is 14.1 Å². The Kier molecular flexibility index (Phi) is 5.84. The summed E-state index contributed by atoms with van der Waals surface area (Å²) >= 11 is 0. The summed E-state index contributed by atoms with van der Waals surface area (Å²) in [4.78, 5) is 29.9. The highest BCUT2D eigenvalue weighted by atomic mass is 16.7. The van der Waals surface area contributed by atoms with Crippen LogP contribution in [0.3, 0.4) is 0 Å². The fourth-order valence-electron chi connectivity index (χ4n) is 4.91. The highest BCUT2D eigenvalue weighted by Gasteiger charge is 2.24. The van der Waals surface area contributed by atoms with Crippen molar-refractivity contribution in [3.8, 4) is 5.75 Å². The number of nitrogens with zero attached hydrogens (tertiary/aromatic N) is 1. The maximum atomic E-state index is 13.3. The van der Waals surface area contributed by atoms with Crippen molar-refractivity contribution in [1.29, 1.82) is 0 Å². The second kappa shape index (κ2) is 8.95. The molecule has 0 saturated carbocycles. The maximum Gasteiger partial charge on any atom is 0.321 e. The van der Waals surface area contributed by atoms with Crippen LogP contribution in [0.1, 0.15) is 59.8 Å². The van der Waals surface area contributed by atoms with Crippen LogP contribution in [0, 0.1) is 6.92 Å². The first-order valence-electron chi connectivity index (χ1n) is 11.7. The highest BCUT2D eigenvalue weighted by molar-refractivity contribution is 6.15. The van der Waals surface area contributed by atoms with E-state index in [4.69, 9.17) is 9.57 Å². The molecular formula is C28H28N2O4. The fraction of sp³-hybridized carbons (Fsp3) is 0.286. The number of fused-ring (bicyclic) bond motifs is 4. The molecule has 6 heteroatoms. The average Bonchev–Trinajstić information content (AvgIpc) is 2.99. The van der Waals surface area contributed by atoms with Crippen molar-refractivity contribution in [3.05, 3.63) is 76.9 Å². The minimum atomic E-state index is -0.380. The number of aromatic nitrogens is 1. The predicted octanol–water partition coefficient (Wildman–Crippen LogP) is 5.64. The summed E-state index contributed by atoms with van der Waals surface area (Å²) in [6, 6.07) is 17.6. The number of nitrogens with one attached hydrogen (secondary N) is 1. The molecule has 0 aliphatic carbocycles. The van der Waals surface area contributed by atoms with Gasteiger partial charge in [-0.2, -0.15) is 0 Å². The zero-order chi connectivity index (χ0) is 23.8. The number of carbonyl (C=O) groups excluding carboxylic acids is 2. The van der Waals surface area contributed by atoms with Crippen LogP contribution in [0.5, 0.6) is 5.75 Å². The molecule has 1 aliphatic heterocycles. The molecule has 4 aromatic rings. The Morgan fingerprint density at radius 2 is 1.88 bits per heavy atom. The number of hydrogen-bond acceptors (Lipinski definition) is 5. The van der Waals surface area contributed by atoms with Crippen LogP contribution in [-0.4, -0.2) is 22.9 Å². The van der Waals surface area contributed by atoms with Crippen LogP contribution >= 0.6 is 0 Å². The number of ketones is 1. The Labute approximate surface area is 198 Å². The average molecular weight is 457 g/mol. The lowest BCUT2D eigenvalue weighted by molar-refractivity contribution is -0.150. The van der Waals surface area contributed by atoms with E-state index >= 15 is 0 Å². The Balaban J connectivity index is 1.68. The van der Waals surface area contributed by atoms with E-state index in [-0.39, 0.29) is 17.8 Å². The Morgan fingerprint density at radius 3 is 2.65 bits per heavy atom. The molecule has 0 radical (unpaired) electrons. The molecule has 1 N–H and O–H groups in total. The number of rotatable bonds is 5. The van der Waals surface area contributed by atoms with E-state index in [1.807, 2.05) is 49.4 Å². The fourth-order valence-corrected chi connectivity index (χ4v) is 4.91. The lowest BCUT2D eigenvalue weighted by atomic mass is 9.97. The van der Waals surface area contributed by atoms with Gasteiger partial charge in [-0.05, 0) is 56.5 Å². The molecule has 0 spiro atoms. The topological polar surface area (TPSA) is 69.6 Å². The normalized spacial score (nSPS) is 15.6. The minimum absolute atomic E-state index is 0.0184. The molecule has 0 saturated heterocycles. The molecule has 1 atom stereocenters. The largest absolute Gasteiger partial charge is 0.493 e. The summed E-state index contributed by atoms with van der Waals surface area (Å²) in [5.41, 5.74) is 8.35. The predicted molar refractivity (Wildman–Crippen MR) is 132 cm³/mol. The molecule has 5 rings (SSSR count). The first-order chi connectivity index (χ1) is 16.5. The third-order valence-electron chi connectivity index (χ3n) is 6.58. The summed E-state index contributed by atoms with van der Waals surface area (Å²) in [7, 11) is 0.